The predicted octanol–water partition coefficient (Wildman–Crippen LogP) is 2.99. The fourth-order valence-electron chi connectivity index (χ4n) is 1.81. The van der Waals surface area contributed by atoms with Crippen molar-refractivity contribution in [3.63, 3.8) is 0 Å². The van der Waals surface area contributed by atoms with Gasteiger partial charge in [-0.25, -0.2) is 4.39 Å². The Bertz CT molecular complexity index is 676. The van der Waals surface area contributed by atoms with Crippen molar-refractivity contribution in [3.05, 3.63) is 57.9 Å². The van der Waals surface area contributed by atoms with E-state index in [1.165, 1.54) is 37.4 Å². The van der Waals surface area contributed by atoms with Gasteiger partial charge in [0.05, 0.1) is 18.1 Å². The third kappa shape index (κ3) is 3.09. The van der Waals surface area contributed by atoms with E-state index < -0.39 is 10.7 Å². The van der Waals surface area contributed by atoms with Crippen molar-refractivity contribution < 1.29 is 18.8 Å². The molecule has 0 aliphatic heterocycles. The van der Waals surface area contributed by atoms with Gasteiger partial charge in [0, 0.05) is 18.2 Å². The van der Waals surface area contributed by atoms with Crippen molar-refractivity contribution in [1.29, 1.82) is 0 Å². The SMILES string of the molecule is COc1cc([N+](=O)[O-])ccc1Oc1cccc(F)c1CN. The lowest BCUT2D eigenvalue weighted by Crippen LogP contribution is -2.03. The summed E-state index contributed by atoms with van der Waals surface area (Å²) >= 11 is 0. The molecule has 0 radical (unpaired) electrons. The minimum absolute atomic E-state index is 0.0305. The van der Waals surface area contributed by atoms with E-state index >= 15 is 0 Å². The zero-order valence-electron chi connectivity index (χ0n) is 11.2. The van der Waals surface area contributed by atoms with Gasteiger partial charge in [-0.05, 0) is 18.2 Å². The highest BCUT2D eigenvalue weighted by Crippen LogP contribution is 2.36. The summed E-state index contributed by atoms with van der Waals surface area (Å²) in [5.41, 5.74) is 5.59. The molecule has 0 fully saturated rings. The lowest BCUT2D eigenvalue weighted by Gasteiger charge is -2.13. The highest BCUT2D eigenvalue weighted by atomic mass is 19.1. The van der Waals surface area contributed by atoms with Crippen molar-refractivity contribution in [2.24, 2.45) is 5.73 Å². The second-order valence-electron chi connectivity index (χ2n) is 4.11. The standard InChI is InChI=1S/C14H13FN2O4/c1-20-14-7-9(17(18)19)5-6-13(14)21-12-4-2-3-11(15)10(12)8-16/h2-7H,8,16H2,1H3. The Morgan fingerprint density at radius 3 is 2.62 bits per heavy atom. The van der Waals surface area contributed by atoms with E-state index in [2.05, 4.69) is 0 Å². The van der Waals surface area contributed by atoms with Gasteiger partial charge in [-0.15, -0.1) is 0 Å². The number of rotatable bonds is 5. The maximum Gasteiger partial charge on any atom is 0.273 e. The molecule has 110 valence electrons. The minimum Gasteiger partial charge on any atom is -0.493 e. The Morgan fingerprint density at radius 1 is 1.24 bits per heavy atom. The smallest absolute Gasteiger partial charge is 0.273 e. The van der Waals surface area contributed by atoms with Crippen LogP contribution in [0.5, 0.6) is 17.2 Å². The summed E-state index contributed by atoms with van der Waals surface area (Å²) in [4.78, 5) is 10.2. The summed E-state index contributed by atoms with van der Waals surface area (Å²) in [5.74, 6) is 0.181. The number of nitrogens with two attached hydrogens (primary N) is 1. The number of benzene rings is 2. The Balaban J connectivity index is 2.40. The van der Waals surface area contributed by atoms with E-state index in [1.54, 1.807) is 6.07 Å². The van der Waals surface area contributed by atoms with Gasteiger partial charge in [0.1, 0.15) is 11.6 Å². The molecule has 0 heterocycles. The molecule has 0 saturated heterocycles. The van der Waals surface area contributed by atoms with Crippen molar-refractivity contribution in [2.75, 3.05) is 7.11 Å². The predicted molar refractivity (Wildman–Crippen MR) is 74.0 cm³/mol. The number of ether oxygens (including phenoxy) is 2. The first-order chi connectivity index (χ1) is 10.1. The second-order valence-corrected chi connectivity index (χ2v) is 4.11. The molecular weight excluding hydrogens is 279 g/mol. The van der Waals surface area contributed by atoms with Crippen LogP contribution in [0.2, 0.25) is 0 Å². The zero-order valence-corrected chi connectivity index (χ0v) is 11.2. The number of nitrogens with zero attached hydrogens (tertiary/aromatic N) is 1. The maximum absolute atomic E-state index is 13.6. The summed E-state index contributed by atoms with van der Waals surface area (Å²) in [5, 5.41) is 10.7. The van der Waals surface area contributed by atoms with Crippen LogP contribution < -0.4 is 15.2 Å². The van der Waals surface area contributed by atoms with Crippen LogP contribution in [-0.4, -0.2) is 12.0 Å². The van der Waals surface area contributed by atoms with Crippen LogP contribution in [0.3, 0.4) is 0 Å². The Morgan fingerprint density at radius 2 is 2.00 bits per heavy atom. The Kier molecular flexibility index (Phi) is 4.34. The molecule has 0 unspecified atom stereocenters. The summed E-state index contributed by atoms with van der Waals surface area (Å²) in [6.45, 7) is -0.0305. The van der Waals surface area contributed by atoms with Crippen molar-refractivity contribution >= 4 is 5.69 Å². The molecule has 6 nitrogen and oxygen atoms in total. The van der Waals surface area contributed by atoms with Gasteiger partial charge in [-0.3, -0.25) is 10.1 Å². The van der Waals surface area contributed by atoms with Crippen LogP contribution in [0.4, 0.5) is 10.1 Å². The molecule has 2 aromatic carbocycles. The van der Waals surface area contributed by atoms with Crippen LogP contribution in [0.15, 0.2) is 36.4 Å². The van der Waals surface area contributed by atoms with E-state index in [0.29, 0.717) is 0 Å². The molecule has 0 spiro atoms. The lowest BCUT2D eigenvalue weighted by atomic mass is 10.2. The van der Waals surface area contributed by atoms with Gasteiger partial charge in [0.15, 0.2) is 11.5 Å². The fourth-order valence-corrected chi connectivity index (χ4v) is 1.81. The van der Waals surface area contributed by atoms with Gasteiger partial charge < -0.3 is 15.2 Å². The molecule has 0 aliphatic carbocycles. The van der Waals surface area contributed by atoms with Crippen molar-refractivity contribution in [1.82, 2.24) is 0 Å². The number of methoxy groups -OCH3 is 1. The van der Waals surface area contributed by atoms with Gasteiger partial charge in [0.2, 0.25) is 0 Å². The lowest BCUT2D eigenvalue weighted by molar-refractivity contribution is -0.384. The third-order valence-electron chi connectivity index (χ3n) is 2.86. The van der Waals surface area contributed by atoms with E-state index in [-0.39, 0.29) is 35.0 Å². The van der Waals surface area contributed by atoms with Crippen LogP contribution in [-0.2, 0) is 6.54 Å². The monoisotopic (exact) mass is 292 g/mol. The zero-order chi connectivity index (χ0) is 15.4. The summed E-state index contributed by atoms with van der Waals surface area (Å²) < 4.78 is 24.3. The molecule has 2 rings (SSSR count). The minimum atomic E-state index is -0.542. The average molecular weight is 292 g/mol. The van der Waals surface area contributed by atoms with E-state index in [1.807, 2.05) is 0 Å². The number of hydrogen-bond donors (Lipinski definition) is 1. The molecule has 0 bridgehead atoms. The summed E-state index contributed by atoms with van der Waals surface area (Å²) in [7, 11) is 1.36. The maximum atomic E-state index is 13.6. The molecule has 2 aromatic rings. The van der Waals surface area contributed by atoms with Gasteiger partial charge >= 0.3 is 0 Å². The molecule has 0 aromatic heterocycles. The van der Waals surface area contributed by atoms with E-state index in [9.17, 15) is 14.5 Å². The number of non-ortho nitro benzene ring substituents is 1. The molecule has 0 atom stereocenters. The number of nitro benzene ring substituents is 1. The van der Waals surface area contributed by atoms with Crippen LogP contribution in [0.1, 0.15) is 5.56 Å². The number of nitro groups is 1. The van der Waals surface area contributed by atoms with Crippen LogP contribution in [0.25, 0.3) is 0 Å². The molecular formula is C14H13FN2O4. The molecule has 0 amide bonds. The molecule has 0 aliphatic rings. The van der Waals surface area contributed by atoms with Crippen LogP contribution in [0, 0.1) is 15.9 Å². The van der Waals surface area contributed by atoms with Crippen molar-refractivity contribution in [2.45, 2.75) is 6.54 Å². The third-order valence-corrected chi connectivity index (χ3v) is 2.86. The van der Waals surface area contributed by atoms with E-state index in [0.717, 1.165) is 0 Å². The largest absolute Gasteiger partial charge is 0.493 e. The first kappa shape index (κ1) is 14.7. The van der Waals surface area contributed by atoms with Gasteiger partial charge in [-0.1, -0.05) is 6.07 Å². The van der Waals surface area contributed by atoms with Gasteiger partial charge in [0.25, 0.3) is 5.69 Å². The number of halogens is 1. The molecule has 0 saturated carbocycles. The quantitative estimate of drug-likeness (QED) is 0.676. The second kappa shape index (κ2) is 6.19. The summed E-state index contributed by atoms with van der Waals surface area (Å²) in [6.07, 6.45) is 0. The Hall–Kier alpha value is -2.67. The molecule has 21 heavy (non-hydrogen) atoms. The first-order valence-electron chi connectivity index (χ1n) is 6.04. The number of hydrogen-bond acceptors (Lipinski definition) is 5. The highest BCUT2D eigenvalue weighted by Gasteiger charge is 2.15. The van der Waals surface area contributed by atoms with E-state index in [4.69, 9.17) is 15.2 Å². The fraction of sp³-hybridized carbons (Fsp3) is 0.143. The highest BCUT2D eigenvalue weighted by molar-refractivity contribution is 5.51. The molecule has 2 N–H and O–H groups in total. The first-order valence-corrected chi connectivity index (χ1v) is 6.04. The molecule has 7 heteroatoms. The Labute approximate surface area is 120 Å². The van der Waals surface area contributed by atoms with Gasteiger partial charge in [-0.2, -0.15) is 0 Å². The summed E-state index contributed by atoms with van der Waals surface area (Å²) in [6, 6.07) is 8.23. The van der Waals surface area contributed by atoms with Crippen LogP contribution >= 0.6 is 0 Å². The topological polar surface area (TPSA) is 87.6 Å². The normalized spacial score (nSPS) is 10.2. The van der Waals surface area contributed by atoms with Crippen molar-refractivity contribution in [3.8, 4) is 17.2 Å². The average Bonchev–Trinajstić information content (AvgIpc) is 2.47.